The second-order valence-electron chi connectivity index (χ2n) is 14.5. The number of fused-ring (bicyclic) bond motifs is 6. The molecular weight excluding hydrogens is 695 g/mol. The first-order valence-corrected chi connectivity index (χ1v) is 19.3. The van der Waals surface area contributed by atoms with Gasteiger partial charge < -0.3 is 13.7 Å². The molecule has 11 aromatic rings. The van der Waals surface area contributed by atoms with Crippen molar-refractivity contribution in [3.05, 3.63) is 212 Å². The van der Waals surface area contributed by atoms with Crippen LogP contribution in [0.3, 0.4) is 0 Å². The molecule has 57 heavy (non-hydrogen) atoms. The first-order chi connectivity index (χ1) is 28.2. The normalized spacial score (nSPS) is 11.5. The molecule has 0 bridgehead atoms. The molecule has 0 atom stereocenters. The minimum absolute atomic E-state index is 0.869. The highest BCUT2D eigenvalue weighted by Gasteiger charge is 2.19. The first-order valence-electron chi connectivity index (χ1n) is 19.3. The molecule has 0 amide bonds. The Kier molecular flexibility index (Phi) is 7.82. The molecule has 3 nitrogen and oxygen atoms in total. The Morgan fingerprint density at radius 2 is 0.684 bits per heavy atom. The van der Waals surface area contributed by atoms with E-state index in [-0.39, 0.29) is 0 Å². The van der Waals surface area contributed by atoms with Gasteiger partial charge in [0, 0.05) is 49.7 Å². The predicted molar refractivity (Wildman–Crippen MR) is 237 cm³/mol. The van der Waals surface area contributed by atoms with E-state index in [4.69, 9.17) is 8.83 Å². The molecule has 0 aliphatic rings. The molecular formula is C54H35NO2. The highest BCUT2D eigenvalue weighted by Crippen LogP contribution is 2.44. The van der Waals surface area contributed by atoms with E-state index in [2.05, 4.69) is 193 Å². The number of hydrogen-bond acceptors (Lipinski definition) is 3. The van der Waals surface area contributed by atoms with Crippen molar-refractivity contribution in [2.75, 3.05) is 4.90 Å². The fourth-order valence-corrected chi connectivity index (χ4v) is 8.28. The summed E-state index contributed by atoms with van der Waals surface area (Å²) in [6.07, 6.45) is 0. The van der Waals surface area contributed by atoms with Crippen molar-refractivity contribution in [1.82, 2.24) is 0 Å². The van der Waals surface area contributed by atoms with E-state index in [1.54, 1.807) is 0 Å². The highest BCUT2D eigenvalue weighted by atomic mass is 16.3. The van der Waals surface area contributed by atoms with Crippen LogP contribution in [0.4, 0.5) is 17.1 Å². The number of hydrogen-bond donors (Lipinski definition) is 0. The largest absolute Gasteiger partial charge is 0.455 e. The zero-order valence-electron chi connectivity index (χ0n) is 31.0. The Morgan fingerprint density at radius 1 is 0.263 bits per heavy atom. The van der Waals surface area contributed by atoms with Crippen LogP contribution in [0.15, 0.2) is 221 Å². The molecule has 11 rings (SSSR count). The van der Waals surface area contributed by atoms with E-state index < -0.39 is 0 Å². The fourth-order valence-electron chi connectivity index (χ4n) is 8.28. The van der Waals surface area contributed by atoms with Crippen LogP contribution in [-0.2, 0) is 0 Å². The minimum atomic E-state index is 0.869. The lowest BCUT2D eigenvalue weighted by Crippen LogP contribution is -2.09. The van der Waals surface area contributed by atoms with Gasteiger partial charge in [0.05, 0.1) is 0 Å². The summed E-state index contributed by atoms with van der Waals surface area (Å²) in [4.78, 5) is 2.32. The van der Waals surface area contributed by atoms with Gasteiger partial charge in [-0.3, -0.25) is 0 Å². The van der Waals surface area contributed by atoms with Gasteiger partial charge >= 0.3 is 0 Å². The molecule has 2 heterocycles. The third-order valence-electron chi connectivity index (χ3n) is 11.1. The van der Waals surface area contributed by atoms with Crippen molar-refractivity contribution in [2.24, 2.45) is 0 Å². The summed E-state index contributed by atoms with van der Waals surface area (Å²) in [6, 6.07) is 75.1. The molecule has 0 radical (unpaired) electrons. The summed E-state index contributed by atoms with van der Waals surface area (Å²) >= 11 is 0. The Hall–Kier alpha value is -7.62. The van der Waals surface area contributed by atoms with Gasteiger partial charge in [-0.05, 0) is 94.0 Å². The second-order valence-corrected chi connectivity index (χ2v) is 14.5. The Morgan fingerprint density at radius 3 is 1.23 bits per heavy atom. The third-order valence-corrected chi connectivity index (χ3v) is 11.1. The molecule has 3 heteroatoms. The van der Waals surface area contributed by atoms with Gasteiger partial charge in [-0.25, -0.2) is 0 Å². The van der Waals surface area contributed by atoms with Crippen LogP contribution in [0, 0.1) is 0 Å². The van der Waals surface area contributed by atoms with Crippen LogP contribution in [0.1, 0.15) is 0 Å². The SMILES string of the molecule is c1ccc(-c2ccc(N(c3ccc(-c4ccccc4)cc3)c3ccc(-c4cc(-c5cccc6c5oc5ccccc56)cc5c4oc4ccccc45)cc3)cc2)cc1. The van der Waals surface area contributed by atoms with Crippen molar-refractivity contribution in [1.29, 1.82) is 0 Å². The molecule has 0 saturated heterocycles. The summed E-state index contributed by atoms with van der Waals surface area (Å²) in [5.74, 6) is 0. The average molecular weight is 730 g/mol. The van der Waals surface area contributed by atoms with Crippen molar-refractivity contribution in [3.8, 4) is 44.5 Å². The van der Waals surface area contributed by atoms with E-state index >= 15 is 0 Å². The van der Waals surface area contributed by atoms with Gasteiger partial charge in [-0.2, -0.15) is 0 Å². The number of rotatable bonds is 7. The van der Waals surface area contributed by atoms with E-state index in [0.717, 1.165) is 83.2 Å². The lowest BCUT2D eigenvalue weighted by atomic mass is 9.94. The summed E-state index contributed by atoms with van der Waals surface area (Å²) < 4.78 is 13.2. The number of furan rings is 2. The van der Waals surface area contributed by atoms with E-state index in [1.165, 1.54) is 22.3 Å². The van der Waals surface area contributed by atoms with E-state index in [9.17, 15) is 0 Å². The van der Waals surface area contributed by atoms with Crippen LogP contribution < -0.4 is 4.90 Å². The van der Waals surface area contributed by atoms with Crippen LogP contribution >= 0.6 is 0 Å². The number of anilines is 3. The smallest absolute Gasteiger partial charge is 0.143 e. The fraction of sp³-hybridized carbons (Fsp3) is 0. The molecule has 0 unspecified atom stereocenters. The Balaban J connectivity index is 1.04. The maximum Gasteiger partial charge on any atom is 0.143 e. The van der Waals surface area contributed by atoms with Gasteiger partial charge in [0.1, 0.15) is 22.3 Å². The molecule has 0 saturated carbocycles. The maximum atomic E-state index is 6.64. The van der Waals surface area contributed by atoms with Crippen LogP contribution in [0.2, 0.25) is 0 Å². The summed E-state index contributed by atoms with van der Waals surface area (Å²) in [6.45, 7) is 0. The van der Waals surface area contributed by atoms with Crippen molar-refractivity contribution >= 4 is 60.9 Å². The molecule has 0 fully saturated rings. The second kappa shape index (κ2) is 13.6. The van der Waals surface area contributed by atoms with Gasteiger partial charge in [0.25, 0.3) is 0 Å². The molecule has 0 aliphatic carbocycles. The number of nitrogens with zero attached hydrogens (tertiary/aromatic N) is 1. The van der Waals surface area contributed by atoms with Crippen LogP contribution in [0.5, 0.6) is 0 Å². The average Bonchev–Trinajstić information content (AvgIpc) is 3.86. The maximum absolute atomic E-state index is 6.64. The van der Waals surface area contributed by atoms with Gasteiger partial charge in [-0.15, -0.1) is 0 Å². The van der Waals surface area contributed by atoms with Crippen molar-refractivity contribution in [2.45, 2.75) is 0 Å². The number of benzene rings is 9. The molecule has 268 valence electrons. The van der Waals surface area contributed by atoms with Crippen LogP contribution in [0.25, 0.3) is 88.4 Å². The zero-order valence-corrected chi connectivity index (χ0v) is 31.0. The standard InChI is InChI=1S/C54H35NO2/c1-3-12-36(13-4-1)38-22-28-42(29-23-38)55(43-30-24-39(25-31-43)37-14-5-2-6-15-37)44-32-26-40(27-33-44)49-34-41(35-50-47-17-8-10-21-52(47)57-54(49)50)45-18-11-19-48-46-16-7-9-20-51(46)56-53(45)48/h1-35H. The van der Waals surface area contributed by atoms with Gasteiger partial charge in [0.15, 0.2) is 0 Å². The van der Waals surface area contributed by atoms with Crippen LogP contribution in [-0.4, -0.2) is 0 Å². The molecule has 0 aliphatic heterocycles. The summed E-state index contributed by atoms with van der Waals surface area (Å²) in [5, 5.41) is 4.40. The molecule has 0 spiro atoms. The minimum Gasteiger partial charge on any atom is -0.455 e. The number of para-hydroxylation sites is 3. The van der Waals surface area contributed by atoms with E-state index in [0.29, 0.717) is 0 Å². The molecule has 9 aromatic carbocycles. The lowest BCUT2D eigenvalue weighted by molar-refractivity contribution is 0.669. The topological polar surface area (TPSA) is 29.5 Å². The van der Waals surface area contributed by atoms with E-state index in [1.807, 2.05) is 24.3 Å². The Labute approximate surface area is 330 Å². The highest BCUT2D eigenvalue weighted by molar-refractivity contribution is 6.14. The predicted octanol–water partition coefficient (Wildman–Crippen LogP) is 15.6. The quantitative estimate of drug-likeness (QED) is 0.164. The summed E-state index contributed by atoms with van der Waals surface area (Å²) in [7, 11) is 0. The molecule has 2 aromatic heterocycles. The molecule has 0 N–H and O–H groups in total. The summed E-state index contributed by atoms with van der Waals surface area (Å²) in [5.41, 5.74) is 15.7. The first kappa shape index (κ1) is 32.8. The zero-order chi connectivity index (χ0) is 37.7. The lowest BCUT2D eigenvalue weighted by Gasteiger charge is -2.26. The van der Waals surface area contributed by atoms with Crippen molar-refractivity contribution < 1.29 is 8.83 Å². The Bertz CT molecular complexity index is 3110. The third kappa shape index (κ3) is 5.76. The van der Waals surface area contributed by atoms with Crippen molar-refractivity contribution in [3.63, 3.8) is 0 Å². The monoisotopic (exact) mass is 729 g/mol. The van der Waals surface area contributed by atoms with Gasteiger partial charge in [0.2, 0.25) is 0 Å². The van der Waals surface area contributed by atoms with Gasteiger partial charge in [-0.1, -0.05) is 152 Å².